The van der Waals surface area contributed by atoms with E-state index in [2.05, 4.69) is 4.98 Å². The molecule has 0 saturated heterocycles. The minimum atomic E-state index is -4.46. The number of nitrogens with zero attached hydrogens (tertiary/aromatic N) is 1. The second-order valence-corrected chi connectivity index (χ2v) is 4.54. The second-order valence-electron chi connectivity index (χ2n) is 4.54. The average molecular weight is 365 g/mol. The number of pyridine rings is 1. The summed E-state index contributed by atoms with van der Waals surface area (Å²) in [6.07, 6.45) is -4.90. The molecular weight excluding hydrogens is 354 g/mol. The fourth-order valence-corrected chi connectivity index (χ4v) is 1.57. The zero-order valence-electron chi connectivity index (χ0n) is 12.8. The number of alkyl halides is 3. The molecule has 1 aromatic heterocycles. The molecule has 0 saturated carbocycles. The third-order valence-electron chi connectivity index (χ3n) is 2.75. The molecule has 0 aliphatic carbocycles. The first-order chi connectivity index (χ1) is 10.8. The van der Waals surface area contributed by atoms with Crippen LogP contribution in [0.25, 0.3) is 0 Å². The first-order valence-corrected chi connectivity index (χ1v) is 6.44. The number of rotatable bonds is 5. The Morgan fingerprint density at radius 3 is 2.17 bits per heavy atom. The van der Waals surface area contributed by atoms with Crippen LogP contribution in [0.4, 0.5) is 13.2 Å². The molecule has 5 nitrogen and oxygen atoms in total. The number of halogens is 3. The van der Waals surface area contributed by atoms with Gasteiger partial charge in [0.25, 0.3) is 0 Å². The van der Waals surface area contributed by atoms with Crippen LogP contribution in [0.3, 0.4) is 0 Å². The van der Waals surface area contributed by atoms with Crippen molar-refractivity contribution < 1.29 is 83.9 Å². The van der Waals surface area contributed by atoms with Crippen molar-refractivity contribution >= 4 is 5.97 Å². The van der Waals surface area contributed by atoms with Crippen molar-refractivity contribution in [2.75, 3.05) is 0 Å². The van der Waals surface area contributed by atoms with E-state index in [1.165, 1.54) is 31.2 Å². The molecule has 122 valence electrons. The van der Waals surface area contributed by atoms with Crippen LogP contribution < -0.4 is 66.0 Å². The average Bonchev–Trinajstić information content (AvgIpc) is 2.49. The van der Waals surface area contributed by atoms with E-state index >= 15 is 0 Å². The number of benzene rings is 1. The zero-order chi connectivity index (χ0) is 17.0. The van der Waals surface area contributed by atoms with E-state index in [9.17, 15) is 23.1 Å². The van der Waals surface area contributed by atoms with E-state index in [1.807, 2.05) is 0 Å². The SMILES string of the molecule is C[C@@H](Oc1ccc(Oc2ccc(C(F)(F)F)cn2)cc1)C(=O)[O-].[K+]. The van der Waals surface area contributed by atoms with E-state index in [0.29, 0.717) is 11.9 Å². The molecular formula is C15H11F3KNO4. The first kappa shape index (κ1) is 20.9. The van der Waals surface area contributed by atoms with Gasteiger partial charge in [0.05, 0.1) is 11.5 Å². The molecule has 2 rings (SSSR count). The Bertz CT molecular complexity index is 675. The molecule has 0 radical (unpaired) electrons. The first-order valence-electron chi connectivity index (χ1n) is 6.44. The van der Waals surface area contributed by atoms with Crippen LogP contribution >= 0.6 is 0 Å². The van der Waals surface area contributed by atoms with Crippen LogP contribution in [0.1, 0.15) is 12.5 Å². The topological polar surface area (TPSA) is 71.5 Å². The Kier molecular flexibility index (Phi) is 7.68. The van der Waals surface area contributed by atoms with E-state index in [-0.39, 0.29) is 63.0 Å². The number of hydrogen-bond donors (Lipinski definition) is 0. The maximum atomic E-state index is 12.4. The monoisotopic (exact) mass is 365 g/mol. The number of aromatic nitrogens is 1. The van der Waals surface area contributed by atoms with Gasteiger partial charge in [-0.2, -0.15) is 13.2 Å². The van der Waals surface area contributed by atoms with Gasteiger partial charge in [0, 0.05) is 12.3 Å². The van der Waals surface area contributed by atoms with Gasteiger partial charge in [0.2, 0.25) is 5.88 Å². The van der Waals surface area contributed by atoms with Gasteiger partial charge in [-0.05, 0) is 37.3 Å². The van der Waals surface area contributed by atoms with E-state index in [1.54, 1.807) is 0 Å². The fraction of sp³-hybridized carbons (Fsp3) is 0.200. The summed E-state index contributed by atoms with van der Waals surface area (Å²) in [5, 5.41) is 10.6. The minimum Gasteiger partial charge on any atom is -0.546 e. The number of ether oxygens (including phenoxy) is 2. The predicted molar refractivity (Wildman–Crippen MR) is 70.9 cm³/mol. The fourth-order valence-electron chi connectivity index (χ4n) is 1.57. The quantitative estimate of drug-likeness (QED) is 0.663. The molecule has 0 spiro atoms. The summed E-state index contributed by atoms with van der Waals surface area (Å²) in [5.41, 5.74) is -0.870. The molecule has 2 aromatic rings. The summed E-state index contributed by atoms with van der Waals surface area (Å²) in [4.78, 5) is 14.1. The van der Waals surface area contributed by atoms with Crippen molar-refractivity contribution in [2.24, 2.45) is 0 Å². The second kappa shape index (κ2) is 8.81. The van der Waals surface area contributed by atoms with Gasteiger partial charge in [-0.25, -0.2) is 4.98 Å². The van der Waals surface area contributed by atoms with Crippen molar-refractivity contribution in [3.8, 4) is 17.4 Å². The van der Waals surface area contributed by atoms with Gasteiger partial charge >= 0.3 is 57.6 Å². The molecule has 0 bridgehead atoms. The number of carboxylic acids is 1. The van der Waals surface area contributed by atoms with Gasteiger partial charge in [0.1, 0.15) is 17.6 Å². The number of carbonyl (C=O) groups is 1. The summed E-state index contributed by atoms with van der Waals surface area (Å²) in [6.45, 7) is 1.33. The van der Waals surface area contributed by atoms with Crippen LogP contribution in [-0.4, -0.2) is 17.1 Å². The summed E-state index contributed by atoms with van der Waals surface area (Å²) in [5.74, 6) is -0.755. The Morgan fingerprint density at radius 2 is 1.71 bits per heavy atom. The molecule has 0 unspecified atom stereocenters. The number of hydrogen-bond acceptors (Lipinski definition) is 5. The maximum absolute atomic E-state index is 12.4. The van der Waals surface area contributed by atoms with Gasteiger partial charge in [-0.1, -0.05) is 0 Å². The van der Waals surface area contributed by atoms with Crippen LogP contribution in [0, 0.1) is 0 Å². The smallest absolute Gasteiger partial charge is 0.546 e. The molecule has 0 aliphatic heterocycles. The van der Waals surface area contributed by atoms with Crippen molar-refractivity contribution in [3.05, 3.63) is 48.2 Å². The van der Waals surface area contributed by atoms with Gasteiger partial charge in [-0.15, -0.1) is 0 Å². The van der Waals surface area contributed by atoms with Crippen LogP contribution in [0.5, 0.6) is 17.4 Å². The third-order valence-corrected chi connectivity index (χ3v) is 2.75. The van der Waals surface area contributed by atoms with Gasteiger partial charge in [-0.3, -0.25) is 0 Å². The van der Waals surface area contributed by atoms with Crippen LogP contribution in [0.15, 0.2) is 42.6 Å². The Balaban J connectivity index is 0.00000288. The molecule has 1 aromatic carbocycles. The Hall–Kier alpha value is -1.13. The van der Waals surface area contributed by atoms with E-state index < -0.39 is 23.8 Å². The Labute approximate surface area is 178 Å². The van der Waals surface area contributed by atoms with Gasteiger partial charge < -0.3 is 19.4 Å². The molecule has 1 heterocycles. The molecule has 0 N–H and O–H groups in total. The standard InChI is InChI=1S/C15H12F3NO4.K/c1-9(14(20)21)22-11-3-5-12(6-4-11)23-13-7-2-10(8-19-13)15(16,17)18;/h2-9H,1H3,(H,20,21);/q;+1/p-1/t9-;/m1./s1. The normalized spacial score (nSPS) is 12.0. The van der Waals surface area contributed by atoms with Crippen LogP contribution in [-0.2, 0) is 11.0 Å². The van der Waals surface area contributed by atoms with Crippen molar-refractivity contribution in [1.29, 1.82) is 0 Å². The maximum Gasteiger partial charge on any atom is 1.00 e. The largest absolute Gasteiger partial charge is 1.00 e. The number of carbonyl (C=O) groups excluding carboxylic acids is 1. The summed E-state index contributed by atoms with van der Waals surface area (Å²) >= 11 is 0. The van der Waals surface area contributed by atoms with Crippen molar-refractivity contribution in [2.45, 2.75) is 19.2 Å². The minimum absolute atomic E-state index is 0. The van der Waals surface area contributed by atoms with Crippen LogP contribution in [0.2, 0.25) is 0 Å². The van der Waals surface area contributed by atoms with Gasteiger partial charge in [0.15, 0.2) is 0 Å². The summed E-state index contributed by atoms with van der Waals surface area (Å²) in [6, 6.07) is 7.82. The molecule has 1 atom stereocenters. The number of aliphatic carboxylic acids is 1. The molecule has 0 fully saturated rings. The third kappa shape index (κ3) is 6.06. The summed E-state index contributed by atoms with van der Waals surface area (Å²) < 4.78 is 47.6. The number of carboxylic acid groups (broad SMARTS) is 1. The van der Waals surface area contributed by atoms with E-state index in [4.69, 9.17) is 9.47 Å². The predicted octanol–water partition coefficient (Wildman–Crippen LogP) is -0.586. The molecule has 0 amide bonds. The Morgan fingerprint density at radius 1 is 1.12 bits per heavy atom. The van der Waals surface area contributed by atoms with Crippen molar-refractivity contribution in [3.63, 3.8) is 0 Å². The molecule has 24 heavy (non-hydrogen) atoms. The van der Waals surface area contributed by atoms with Crippen molar-refractivity contribution in [1.82, 2.24) is 4.98 Å². The summed E-state index contributed by atoms with van der Waals surface area (Å²) in [7, 11) is 0. The van der Waals surface area contributed by atoms with E-state index in [0.717, 1.165) is 12.1 Å². The zero-order valence-corrected chi connectivity index (χ0v) is 16.0. The molecule has 0 aliphatic rings. The molecule has 9 heteroatoms.